The van der Waals surface area contributed by atoms with E-state index in [0.29, 0.717) is 19.8 Å². The lowest BCUT2D eigenvalue weighted by molar-refractivity contribution is -0.384. The predicted molar refractivity (Wildman–Crippen MR) is 105 cm³/mol. The lowest BCUT2D eigenvalue weighted by Crippen LogP contribution is -2.44. The van der Waals surface area contributed by atoms with Crippen LogP contribution in [-0.2, 0) is 10.2 Å². The van der Waals surface area contributed by atoms with Crippen LogP contribution in [0.5, 0.6) is 5.75 Å². The number of amides is 1. The minimum Gasteiger partial charge on any atom is -0.497 e. The highest BCUT2D eigenvalue weighted by Crippen LogP contribution is 2.35. The summed E-state index contributed by atoms with van der Waals surface area (Å²) in [5.41, 5.74) is 0.716. The second-order valence-corrected chi connectivity index (χ2v) is 7.13. The topological polar surface area (TPSA) is 90.7 Å². The number of carbonyl (C=O) groups excluding carboxylic acids is 1. The normalized spacial score (nSPS) is 15.6. The fourth-order valence-corrected chi connectivity index (χ4v) is 3.62. The summed E-state index contributed by atoms with van der Waals surface area (Å²) in [4.78, 5) is 23.1. The number of benzene rings is 2. The van der Waals surface area contributed by atoms with Gasteiger partial charge in [-0.3, -0.25) is 14.9 Å². The average molecular weight is 405 g/mol. The molecule has 0 saturated carbocycles. The standard InChI is InChI=1S/C20H21ClN2O5/c1-27-16-5-2-14(3-6-16)20(8-10-28-11-9-20)13-22-19(24)17-12-15(23(25)26)4-7-18(17)21/h2-7,12H,8-11,13H2,1H3,(H,22,24). The van der Waals surface area contributed by atoms with Gasteiger partial charge in [0.1, 0.15) is 5.75 Å². The first-order chi connectivity index (χ1) is 13.4. The van der Waals surface area contributed by atoms with Gasteiger partial charge in [-0.15, -0.1) is 0 Å². The number of nitro groups is 1. The van der Waals surface area contributed by atoms with E-state index in [1.165, 1.54) is 18.2 Å². The molecule has 0 spiro atoms. The fourth-order valence-electron chi connectivity index (χ4n) is 3.42. The minimum atomic E-state index is -0.551. The Labute approximate surface area is 167 Å². The summed E-state index contributed by atoms with van der Waals surface area (Å²) in [6.07, 6.45) is 1.50. The highest BCUT2D eigenvalue weighted by Gasteiger charge is 2.35. The molecule has 2 aromatic carbocycles. The summed E-state index contributed by atoms with van der Waals surface area (Å²) >= 11 is 6.09. The van der Waals surface area contributed by atoms with Gasteiger partial charge in [-0.05, 0) is 36.6 Å². The zero-order chi connectivity index (χ0) is 20.1. The summed E-state index contributed by atoms with van der Waals surface area (Å²) in [6.45, 7) is 1.57. The smallest absolute Gasteiger partial charge is 0.270 e. The molecule has 3 rings (SSSR count). The van der Waals surface area contributed by atoms with Gasteiger partial charge in [0.25, 0.3) is 11.6 Å². The molecule has 1 N–H and O–H groups in total. The Kier molecular flexibility index (Phi) is 6.16. The SMILES string of the molecule is COc1ccc(C2(CNC(=O)c3cc([N+](=O)[O-])ccc3Cl)CCOCC2)cc1. The number of halogens is 1. The quantitative estimate of drug-likeness (QED) is 0.585. The van der Waals surface area contributed by atoms with Crippen molar-refractivity contribution in [2.75, 3.05) is 26.9 Å². The predicted octanol–water partition coefficient (Wildman–Crippen LogP) is 3.74. The van der Waals surface area contributed by atoms with Gasteiger partial charge in [0, 0.05) is 37.3 Å². The highest BCUT2D eigenvalue weighted by atomic mass is 35.5. The molecule has 1 amide bonds. The van der Waals surface area contributed by atoms with Crippen molar-refractivity contribution in [3.63, 3.8) is 0 Å². The third kappa shape index (κ3) is 4.26. The molecule has 0 radical (unpaired) electrons. The maximum atomic E-state index is 12.7. The van der Waals surface area contributed by atoms with Crippen LogP contribution in [0.25, 0.3) is 0 Å². The molecular weight excluding hydrogens is 384 g/mol. The molecule has 1 heterocycles. The number of non-ortho nitro benzene ring substituents is 1. The van der Waals surface area contributed by atoms with Gasteiger partial charge < -0.3 is 14.8 Å². The molecule has 2 aromatic rings. The van der Waals surface area contributed by atoms with Crippen molar-refractivity contribution in [3.8, 4) is 5.75 Å². The number of nitrogens with zero attached hydrogens (tertiary/aromatic N) is 1. The van der Waals surface area contributed by atoms with Gasteiger partial charge >= 0.3 is 0 Å². The monoisotopic (exact) mass is 404 g/mol. The molecule has 28 heavy (non-hydrogen) atoms. The Balaban J connectivity index is 1.81. The molecule has 0 atom stereocenters. The van der Waals surface area contributed by atoms with Gasteiger partial charge in [0.15, 0.2) is 0 Å². The number of hydrogen-bond acceptors (Lipinski definition) is 5. The van der Waals surface area contributed by atoms with Crippen LogP contribution >= 0.6 is 11.6 Å². The number of ether oxygens (including phenoxy) is 2. The van der Waals surface area contributed by atoms with Gasteiger partial charge in [0.2, 0.25) is 0 Å². The maximum absolute atomic E-state index is 12.7. The number of carbonyl (C=O) groups is 1. The lowest BCUT2D eigenvalue weighted by atomic mass is 9.74. The summed E-state index contributed by atoms with van der Waals surface area (Å²) in [6, 6.07) is 11.6. The highest BCUT2D eigenvalue weighted by molar-refractivity contribution is 6.33. The second kappa shape index (κ2) is 8.58. The molecule has 0 aliphatic carbocycles. The molecule has 8 heteroatoms. The zero-order valence-electron chi connectivity index (χ0n) is 15.4. The fraction of sp³-hybridized carbons (Fsp3) is 0.350. The van der Waals surface area contributed by atoms with Crippen LogP contribution in [0.1, 0.15) is 28.8 Å². The van der Waals surface area contributed by atoms with Gasteiger partial charge in [-0.1, -0.05) is 23.7 Å². The largest absolute Gasteiger partial charge is 0.497 e. The molecule has 1 aliphatic rings. The third-order valence-corrected chi connectivity index (χ3v) is 5.47. The van der Waals surface area contributed by atoms with E-state index in [4.69, 9.17) is 21.1 Å². The summed E-state index contributed by atoms with van der Waals surface area (Å²) < 4.78 is 10.7. The number of nitro benzene ring substituents is 1. The molecule has 148 valence electrons. The van der Waals surface area contributed by atoms with Gasteiger partial charge in [-0.25, -0.2) is 0 Å². The summed E-state index contributed by atoms with van der Waals surface area (Å²) in [5, 5.41) is 14.1. The van der Waals surface area contributed by atoms with Crippen LogP contribution < -0.4 is 10.1 Å². The maximum Gasteiger partial charge on any atom is 0.270 e. The van der Waals surface area contributed by atoms with Crippen molar-refractivity contribution in [1.29, 1.82) is 0 Å². The number of methoxy groups -OCH3 is 1. The Morgan fingerprint density at radius 2 is 1.93 bits per heavy atom. The van der Waals surface area contributed by atoms with Crippen LogP contribution in [0.4, 0.5) is 5.69 Å². The molecule has 0 unspecified atom stereocenters. The first-order valence-electron chi connectivity index (χ1n) is 8.90. The van der Waals surface area contributed by atoms with E-state index in [1.807, 2.05) is 24.3 Å². The van der Waals surface area contributed by atoms with Crippen LogP contribution in [-0.4, -0.2) is 37.7 Å². The first-order valence-corrected chi connectivity index (χ1v) is 9.27. The van der Waals surface area contributed by atoms with Crippen LogP contribution in [0.2, 0.25) is 5.02 Å². The van der Waals surface area contributed by atoms with Gasteiger partial charge in [-0.2, -0.15) is 0 Å². The molecule has 1 fully saturated rings. The minimum absolute atomic E-state index is 0.0906. The van der Waals surface area contributed by atoms with E-state index in [-0.39, 0.29) is 21.7 Å². The third-order valence-electron chi connectivity index (χ3n) is 5.15. The summed E-state index contributed by atoms with van der Waals surface area (Å²) in [5.74, 6) is 0.325. The number of nitrogens with one attached hydrogen (secondary N) is 1. The van der Waals surface area contributed by atoms with Crippen molar-refractivity contribution in [1.82, 2.24) is 5.32 Å². The first kappa shape index (κ1) is 20.1. The van der Waals surface area contributed by atoms with Crippen molar-refractivity contribution < 1.29 is 19.2 Å². The Hall–Kier alpha value is -2.64. The van der Waals surface area contributed by atoms with Crippen molar-refractivity contribution >= 4 is 23.2 Å². The Morgan fingerprint density at radius 1 is 1.25 bits per heavy atom. The average Bonchev–Trinajstić information content (AvgIpc) is 2.73. The van der Waals surface area contributed by atoms with E-state index < -0.39 is 10.8 Å². The van der Waals surface area contributed by atoms with E-state index in [9.17, 15) is 14.9 Å². The van der Waals surface area contributed by atoms with Crippen molar-refractivity contribution in [2.45, 2.75) is 18.3 Å². The molecular formula is C20H21ClN2O5. The van der Waals surface area contributed by atoms with Gasteiger partial charge in [0.05, 0.1) is 22.6 Å². The van der Waals surface area contributed by atoms with Crippen molar-refractivity contribution in [2.24, 2.45) is 0 Å². The van der Waals surface area contributed by atoms with Crippen molar-refractivity contribution in [3.05, 3.63) is 68.7 Å². The molecule has 0 bridgehead atoms. The summed E-state index contributed by atoms with van der Waals surface area (Å²) in [7, 11) is 1.61. The molecule has 0 aromatic heterocycles. The molecule has 7 nitrogen and oxygen atoms in total. The number of rotatable bonds is 6. The Morgan fingerprint density at radius 3 is 2.54 bits per heavy atom. The molecule has 1 saturated heterocycles. The number of hydrogen-bond donors (Lipinski definition) is 1. The van der Waals surface area contributed by atoms with Crippen LogP contribution in [0.3, 0.4) is 0 Å². The zero-order valence-corrected chi connectivity index (χ0v) is 16.2. The Bertz CT molecular complexity index is 863. The van der Waals surface area contributed by atoms with E-state index in [2.05, 4.69) is 5.32 Å². The van der Waals surface area contributed by atoms with E-state index in [1.54, 1.807) is 7.11 Å². The van der Waals surface area contributed by atoms with E-state index >= 15 is 0 Å². The van der Waals surface area contributed by atoms with Crippen LogP contribution in [0.15, 0.2) is 42.5 Å². The lowest BCUT2D eigenvalue weighted by Gasteiger charge is -2.38. The van der Waals surface area contributed by atoms with Crippen LogP contribution in [0, 0.1) is 10.1 Å². The van der Waals surface area contributed by atoms with E-state index in [0.717, 1.165) is 24.2 Å². The second-order valence-electron chi connectivity index (χ2n) is 6.73. The molecule has 1 aliphatic heterocycles.